The average Bonchev–Trinajstić information content (AvgIpc) is 2.65. The first-order chi connectivity index (χ1) is 7.79. The fourth-order valence-corrected chi connectivity index (χ4v) is 1.05. The number of nitrogens with zero attached hydrogens (tertiary/aromatic N) is 3. The van der Waals surface area contributed by atoms with Crippen molar-refractivity contribution in [2.24, 2.45) is 0 Å². The molecular weight excluding hydrogens is 245 g/mol. The monoisotopic (exact) mass is 252 g/mol. The van der Waals surface area contributed by atoms with Gasteiger partial charge in [-0.2, -0.15) is 28.6 Å². The first-order valence-corrected chi connectivity index (χ1v) is 4.23. The van der Waals surface area contributed by atoms with E-state index >= 15 is 0 Å². The van der Waals surface area contributed by atoms with Gasteiger partial charge in [0.05, 0.1) is 6.20 Å². The van der Waals surface area contributed by atoms with Crippen LogP contribution in [0.2, 0.25) is 0 Å². The third kappa shape index (κ3) is 4.09. The van der Waals surface area contributed by atoms with Crippen LogP contribution in [0.5, 0.6) is 0 Å². The molecule has 17 heavy (non-hydrogen) atoms. The zero-order valence-corrected chi connectivity index (χ0v) is 8.23. The predicted molar refractivity (Wildman–Crippen MR) is 46.0 cm³/mol. The van der Waals surface area contributed by atoms with Crippen molar-refractivity contribution >= 4 is 11.9 Å². The third-order valence-electron chi connectivity index (χ3n) is 1.62. The van der Waals surface area contributed by atoms with Crippen LogP contribution < -0.4 is 0 Å². The summed E-state index contributed by atoms with van der Waals surface area (Å²) in [6.07, 6.45) is -3.78. The van der Waals surface area contributed by atoms with Crippen molar-refractivity contribution in [1.82, 2.24) is 20.3 Å². The molecule has 0 aliphatic heterocycles. The van der Waals surface area contributed by atoms with Crippen molar-refractivity contribution in [2.45, 2.75) is 6.18 Å². The lowest BCUT2D eigenvalue weighted by molar-refractivity contribution is -0.149. The van der Waals surface area contributed by atoms with E-state index in [4.69, 9.17) is 5.11 Å². The Bertz CT molecular complexity index is 403. The number of aromatic nitrogens is 3. The Morgan fingerprint density at radius 1 is 1.47 bits per heavy atom. The van der Waals surface area contributed by atoms with Crippen molar-refractivity contribution in [2.75, 3.05) is 13.1 Å². The lowest BCUT2D eigenvalue weighted by atomic mass is 10.3. The summed E-state index contributed by atoms with van der Waals surface area (Å²) in [4.78, 5) is 21.9. The highest BCUT2D eigenvalue weighted by atomic mass is 19.4. The number of carboxylic acids is 1. The molecular formula is C7H7F3N4O3. The molecule has 2 N–H and O–H groups in total. The van der Waals surface area contributed by atoms with Gasteiger partial charge in [-0.25, -0.2) is 0 Å². The number of H-pyrrole nitrogens is 1. The highest BCUT2D eigenvalue weighted by Gasteiger charge is 2.34. The molecule has 1 heterocycles. The molecule has 0 fully saturated rings. The smallest absolute Gasteiger partial charge is 0.406 e. The van der Waals surface area contributed by atoms with Crippen molar-refractivity contribution in [1.29, 1.82) is 0 Å². The summed E-state index contributed by atoms with van der Waals surface area (Å²) in [5.74, 6) is -2.70. The zero-order valence-electron chi connectivity index (χ0n) is 8.23. The molecule has 0 saturated carbocycles. The van der Waals surface area contributed by atoms with Crippen LogP contribution >= 0.6 is 0 Å². The Morgan fingerprint density at radius 2 is 2.12 bits per heavy atom. The molecule has 1 rings (SSSR count). The van der Waals surface area contributed by atoms with E-state index in [2.05, 4.69) is 10.2 Å². The second-order valence-electron chi connectivity index (χ2n) is 3.03. The van der Waals surface area contributed by atoms with E-state index in [1.54, 1.807) is 0 Å². The highest BCUT2D eigenvalue weighted by Crippen LogP contribution is 2.17. The van der Waals surface area contributed by atoms with Crippen molar-refractivity contribution in [3.63, 3.8) is 0 Å². The molecule has 0 radical (unpaired) electrons. The molecule has 0 atom stereocenters. The Balaban J connectivity index is 2.83. The maximum absolute atomic E-state index is 12.1. The van der Waals surface area contributed by atoms with Crippen LogP contribution in [0.3, 0.4) is 0 Å². The largest absolute Gasteiger partial charge is 0.480 e. The molecule has 1 aromatic heterocycles. The first-order valence-electron chi connectivity index (χ1n) is 4.23. The zero-order chi connectivity index (χ0) is 13.1. The second kappa shape index (κ2) is 4.80. The summed E-state index contributed by atoms with van der Waals surface area (Å²) in [6, 6.07) is 0. The lowest BCUT2D eigenvalue weighted by Gasteiger charge is -2.20. The van der Waals surface area contributed by atoms with Crippen LogP contribution in [0.1, 0.15) is 10.5 Å². The number of carbonyl (C=O) groups is 2. The SMILES string of the molecule is O=C(O)CN(CC(F)(F)F)C(=O)c1cn[nH]n1. The minimum Gasteiger partial charge on any atom is -0.480 e. The van der Waals surface area contributed by atoms with Crippen molar-refractivity contribution in [3.8, 4) is 0 Å². The van der Waals surface area contributed by atoms with Gasteiger partial charge in [-0.15, -0.1) is 0 Å². The Morgan fingerprint density at radius 3 is 2.53 bits per heavy atom. The van der Waals surface area contributed by atoms with Gasteiger partial charge in [-0.05, 0) is 0 Å². The number of amides is 1. The van der Waals surface area contributed by atoms with E-state index in [1.807, 2.05) is 5.21 Å². The summed E-state index contributed by atoms with van der Waals surface area (Å²) in [5.41, 5.74) is -0.379. The van der Waals surface area contributed by atoms with Crippen LogP contribution in [0.25, 0.3) is 0 Å². The second-order valence-corrected chi connectivity index (χ2v) is 3.03. The quantitative estimate of drug-likeness (QED) is 0.779. The number of rotatable bonds is 4. The maximum atomic E-state index is 12.1. The van der Waals surface area contributed by atoms with Gasteiger partial charge in [0.1, 0.15) is 13.1 Å². The summed E-state index contributed by atoms with van der Waals surface area (Å²) >= 11 is 0. The number of carboxylic acid groups (broad SMARTS) is 1. The van der Waals surface area contributed by atoms with E-state index in [9.17, 15) is 22.8 Å². The number of hydrogen-bond donors (Lipinski definition) is 2. The van der Waals surface area contributed by atoms with Crippen LogP contribution in [0.15, 0.2) is 6.20 Å². The Hall–Kier alpha value is -2.13. The number of carbonyl (C=O) groups excluding carboxylic acids is 1. The molecule has 10 heteroatoms. The van der Waals surface area contributed by atoms with Gasteiger partial charge in [0.25, 0.3) is 5.91 Å². The number of halogens is 3. The van der Waals surface area contributed by atoms with Crippen LogP contribution in [0, 0.1) is 0 Å². The fourth-order valence-electron chi connectivity index (χ4n) is 1.05. The van der Waals surface area contributed by atoms with Gasteiger partial charge in [0.2, 0.25) is 0 Å². The minimum atomic E-state index is -4.69. The molecule has 7 nitrogen and oxygen atoms in total. The molecule has 0 bridgehead atoms. The number of hydrogen-bond acceptors (Lipinski definition) is 4. The standard InChI is InChI=1S/C7H7F3N4O3/c8-7(9,10)3-14(2-5(15)16)6(17)4-1-11-13-12-4/h1H,2-3H2,(H,15,16)(H,11,12,13). The van der Waals surface area contributed by atoms with Crippen molar-refractivity contribution < 1.29 is 27.9 Å². The van der Waals surface area contributed by atoms with E-state index in [0.29, 0.717) is 0 Å². The molecule has 94 valence electrons. The van der Waals surface area contributed by atoms with Crippen LogP contribution in [-0.4, -0.2) is 56.6 Å². The van der Waals surface area contributed by atoms with Crippen molar-refractivity contribution in [3.05, 3.63) is 11.9 Å². The summed E-state index contributed by atoms with van der Waals surface area (Å²) < 4.78 is 36.4. The molecule has 0 unspecified atom stereocenters. The Kier molecular flexibility index (Phi) is 3.66. The molecule has 1 amide bonds. The molecule has 0 aliphatic rings. The summed E-state index contributed by atoms with van der Waals surface area (Å²) in [7, 11) is 0. The van der Waals surface area contributed by atoms with E-state index in [0.717, 1.165) is 6.20 Å². The van der Waals surface area contributed by atoms with Gasteiger partial charge in [-0.3, -0.25) is 9.59 Å². The molecule has 0 saturated heterocycles. The lowest BCUT2D eigenvalue weighted by Crippen LogP contribution is -2.42. The van der Waals surface area contributed by atoms with E-state index in [-0.39, 0.29) is 10.6 Å². The van der Waals surface area contributed by atoms with Crippen LogP contribution in [-0.2, 0) is 4.79 Å². The molecule has 0 aromatic carbocycles. The number of aromatic amines is 1. The van der Waals surface area contributed by atoms with Gasteiger partial charge >= 0.3 is 12.1 Å². The highest BCUT2D eigenvalue weighted by molar-refractivity contribution is 5.93. The normalized spacial score (nSPS) is 11.2. The predicted octanol–water partition coefficient (Wildman–Crippen LogP) is -0.106. The van der Waals surface area contributed by atoms with Gasteiger partial charge in [0, 0.05) is 0 Å². The third-order valence-corrected chi connectivity index (χ3v) is 1.62. The van der Waals surface area contributed by atoms with Crippen LogP contribution in [0.4, 0.5) is 13.2 Å². The Labute approximate surface area is 92.2 Å². The molecule has 1 aromatic rings. The minimum absolute atomic E-state index is 0.125. The number of alkyl halides is 3. The summed E-state index contributed by atoms with van der Waals surface area (Å²) in [5, 5.41) is 17.0. The fraction of sp³-hybridized carbons (Fsp3) is 0.429. The molecule has 0 aliphatic carbocycles. The number of aliphatic carboxylic acids is 1. The van der Waals surface area contributed by atoms with E-state index < -0.39 is 31.1 Å². The van der Waals surface area contributed by atoms with Gasteiger partial charge in [0.15, 0.2) is 5.69 Å². The van der Waals surface area contributed by atoms with E-state index in [1.165, 1.54) is 0 Å². The first kappa shape index (κ1) is 12.9. The van der Waals surface area contributed by atoms with Gasteiger partial charge in [-0.1, -0.05) is 0 Å². The maximum Gasteiger partial charge on any atom is 0.406 e. The van der Waals surface area contributed by atoms with Gasteiger partial charge < -0.3 is 10.0 Å². The molecule has 0 spiro atoms. The summed E-state index contributed by atoms with van der Waals surface area (Å²) in [6.45, 7) is -2.73. The number of nitrogens with one attached hydrogen (secondary N) is 1. The average molecular weight is 252 g/mol. The topological polar surface area (TPSA) is 99.2 Å².